The van der Waals surface area contributed by atoms with Crippen LogP contribution < -0.4 is 0 Å². The minimum Gasteiger partial charge on any atom is -0.296 e. The molecule has 0 N–H and O–H groups in total. The molecule has 1 aromatic heterocycles. The standard InChI is InChI=1S/C16H13Cl2FN2/c1-10-6-12(19)9-13(7-10)21-15-3-2-11(18)8-14(15)20-16(21)4-5-17/h2-3,6-9H,4-5H2,1H3. The van der Waals surface area contributed by atoms with Crippen LogP contribution in [0.3, 0.4) is 0 Å². The van der Waals surface area contributed by atoms with Crippen molar-refractivity contribution in [1.29, 1.82) is 0 Å². The minimum absolute atomic E-state index is 0.266. The second kappa shape index (κ2) is 5.66. The van der Waals surface area contributed by atoms with E-state index in [1.54, 1.807) is 12.1 Å². The number of hydrogen-bond acceptors (Lipinski definition) is 1. The van der Waals surface area contributed by atoms with Crippen molar-refractivity contribution >= 4 is 34.2 Å². The van der Waals surface area contributed by atoms with Crippen molar-refractivity contribution in [3.05, 3.63) is 58.6 Å². The zero-order valence-corrected chi connectivity index (χ0v) is 12.9. The molecule has 5 heteroatoms. The molecule has 0 spiro atoms. The van der Waals surface area contributed by atoms with Gasteiger partial charge in [0.2, 0.25) is 0 Å². The smallest absolute Gasteiger partial charge is 0.125 e. The van der Waals surface area contributed by atoms with Crippen LogP contribution in [0.4, 0.5) is 4.39 Å². The molecule has 1 heterocycles. The van der Waals surface area contributed by atoms with Gasteiger partial charge in [0.25, 0.3) is 0 Å². The summed E-state index contributed by atoms with van der Waals surface area (Å²) in [6.07, 6.45) is 0.601. The van der Waals surface area contributed by atoms with E-state index in [4.69, 9.17) is 23.2 Å². The first-order chi connectivity index (χ1) is 10.1. The number of aryl methyl sites for hydroxylation is 2. The molecule has 0 aliphatic heterocycles. The molecule has 0 aliphatic carbocycles. The van der Waals surface area contributed by atoms with Crippen LogP contribution in [0, 0.1) is 12.7 Å². The van der Waals surface area contributed by atoms with Gasteiger partial charge >= 0.3 is 0 Å². The quantitative estimate of drug-likeness (QED) is 0.626. The summed E-state index contributed by atoms with van der Waals surface area (Å²) in [5, 5.41) is 0.625. The highest BCUT2D eigenvalue weighted by atomic mass is 35.5. The van der Waals surface area contributed by atoms with Crippen LogP contribution >= 0.6 is 23.2 Å². The summed E-state index contributed by atoms with van der Waals surface area (Å²) in [4.78, 5) is 4.57. The minimum atomic E-state index is -0.266. The third kappa shape index (κ3) is 2.76. The Balaban J connectivity index is 2.30. The number of imidazole rings is 1. The van der Waals surface area contributed by atoms with Crippen LogP contribution in [0.2, 0.25) is 5.02 Å². The molecule has 108 valence electrons. The molecule has 0 fully saturated rings. The Bertz CT molecular complexity index is 791. The number of hydrogen-bond donors (Lipinski definition) is 0. The summed E-state index contributed by atoms with van der Waals surface area (Å²) < 4.78 is 15.7. The number of benzene rings is 2. The number of rotatable bonds is 3. The molecule has 0 amide bonds. The normalized spacial score (nSPS) is 11.2. The number of halogens is 3. The average molecular weight is 323 g/mol. The predicted molar refractivity (Wildman–Crippen MR) is 85.2 cm³/mol. The first-order valence-corrected chi connectivity index (χ1v) is 7.50. The molecule has 0 unspecified atom stereocenters. The Morgan fingerprint density at radius 2 is 2.00 bits per heavy atom. The summed E-state index contributed by atoms with van der Waals surface area (Å²) >= 11 is 11.9. The topological polar surface area (TPSA) is 17.8 Å². The van der Waals surface area contributed by atoms with Crippen molar-refractivity contribution in [2.45, 2.75) is 13.3 Å². The highest BCUT2D eigenvalue weighted by Crippen LogP contribution is 2.25. The predicted octanol–water partition coefficient (Wildman–Crippen LogP) is 4.91. The van der Waals surface area contributed by atoms with E-state index in [1.807, 2.05) is 23.6 Å². The molecule has 0 atom stereocenters. The molecule has 0 aliphatic rings. The zero-order valence-electron chi connectivity index (χ0n) is 11.4. The SMILES string of the molecule is Cc1cc(F)cc(-n2c(CCCl)nc3cc(Cl)ccc32)c1. The van der Waals surface area contributed by atoms with Crippen LogP contribution in [-0.4, -0.2) is 15.4 Å². The van der Waals surface area contributed by atoms with E-state index in [0.717, 1.165) is 28.1 Å². The van der Waals surface area contributed by atoms with Gasteiger partial charge < -0.3 is 0 Å². The molecule has 0 saturated heterocycles. The van der Waals surface area contributed by atoms with Gasteiger partial charge in [-0.2, -0.15) is 0 Å². The lowest BCUT2D eigenvalue weighted by atomic mass is 10.2. The van der Waals surface area contributed by atoms with E-state index in [2.05, 4.69) is 4.98 Å². The number of fused-ring (bicyclic) bond motifs is 1. The van der Waals surface area contributed by atoms with Gasteiger partial charge in [-0.05, 0) is 48.9 Å². The van der Waals surface area contributed by atoms with E-state index < -0.39 is 0 Å². The lowest BCUT2D eigenvalue weighted by Gasteiger charge is -2.10. The molecular weight excluding hydrogens is 310 g/mol. The van der Waals surface area contributed by atoms with Gasteiger partial charge in [0.1, 0.15) is 11.6 Å². The van der Waals surface area contributed by atoms with Crippen LogP contribution in [0.1, 0.15) is 11.4 Å². The third-order valence-corrected chi connectivity index (χ3v) is 3.71. The maximum absolute atomic E-state index is 13.7. The Hall–Kier alpha value is -1.58. The highest BCUT2D eigenvalue weighted by Gasteiger charge is 2.13. The van der Waals surface area contributed by atoms with E-state index in [9.17, 15) is 4.39 Å². The Kier molecular flexibility index (Phi) is 3.87. The monoisotopic (exact) mass is 322 g/mol. The van der Waals surface area contributed by atoms with Crippen LogP contribution in [0.25, 0.3) is 16.7 Å². The van der Waals surface area contributed by atoms with Gasteiger partial charge in [0.05, 0.1) is 16.7 Å². The van der Waals surface area contributed by atoms with Crippen LogP contribution in [-0.2, 0) is 6.42 Å². The van der Waals surface area contributed by atoms with Gasteiger partial charge in [-0.3, -0.25) is 4.57 Å². The van der Waals surface area contributed by atoms with Crippen molar-refractivity contribution in [3.63, 3.8) is 0 Å². The van der Waals surface area contributed by atoms with Crippen molar-refractivity contribution < 1.29 is 4.39 Å². The van der Waals surface area contributed by atoms with Gasteiger partial charge in [0, 0.05) is 17.3 Å². The molecule has 21 heavy (non-hydrogen) atoms. The van der Waals surface area contributed by atoms with Gasteiger partial charge in [-0.25, -0.2) is 9.37 Å². The second-order valence-electron chi connectivity index (χ2n) is 4.92. The fourth-order valence-electron chi connectivity index (χ4n) is 2.49. The van der Waals surface area contributed by atoms with Crippen molar-refractivity contribution in [2.75, 3.05) is 5.88 Å². The average Bonchev–Trinajstić information content (AvgIpc) is 2.75. The van der Waals surface area contributed by atoms with Crippen molar-refractivity contribution in [2.24, 2.45) is 0 Å². The zero-order chi connectivity index (χ0) is 15.0. The number of aromatic nitrogens is 2. The van der Waals surface area contributed by atoms with Crippen molar-refractivity contribution in [3.8, 4) is 5.69 Å². The second-order valence-corrected chi connectivity index (χ2v) is 5.74. The maximum atomic E-state index is 13.7. The van der Waals surface area contributed by atoms with E-state index >= 15 is 0 Å². The van der Waals surface area contributed by atoms with Gasteiger partial charge in [-0.15, -0.1) is 11.6 Å². The number of nitrogens with zero attached hydrogens (tertiary/aromatic N) is 2. The molecule has 0 radical (unpaired) electrons. The highest BCUT2D eigenvalue weighted by molar-refractivity contribution is 6.31. The summed E-state index contributed by atoms with van der Waals surface area (Å²) in [7, 11) is 0. The summed E-state index contributed by atoms with van der Waals surface area (Å²) in [6, 6.07) is 10.4. The third-order valence-electron chi connectivity index (χ3n) is 3.29. The summed E-state index contributed by atoms with van der Waals surface area (Å²) in [6.45, 7) is 1.86. The van der Waals surface area contributed by atoms with Gasteiger partial charge in [0.15, 0.2) is 0 Å². The van der Waals surface area contributed by atoms with E-state index in [0.29, 0.717) is 17.3 Å². The first kappa shape index (κ1) is 14.4. The van der Waals surface area contributed by atoms with Crippen molar-refractivity contribution in [1.82, 2.24) is 9.55 Å². The molecule has 3 rings (SSSR count). The molecule has 0 bridgehead atoms. The lowest BCUT2D eigenvalue weighted by Crippen LogP contribution is -2.03. The lowest BCUT2D eigenvalue weighted by molar-refractivity contribution is 0.625. The Morgan fingerprint density at radius 1 is 1.19 bits per heavy atom. The molecular formula is C16H13Cl2FN2. The molecule has 0 saturated carbocycles. The van der Waals surface area contributed by atoms with Crippen LogP contribution in [0.15, 0.2) is 36.4 Å². The van der Waals surface area contributed by atoms with Crippen LogP contribution in [0.5, 0.6) is 0 Å². The fourth-order valence-corrected chi connectivity index (χ4v) is 2.83. The van der Waals surface area contributed by atoms with E-state index in [1.165, 1.54) is 12.1 Å². The summed E-state index contributed by atoms with van der Waals surface area (Å²) in [5.74, 6) is 0.982. The first-order valence-electron chi connectivity index (χ1n) is 6.59. The summed E-state index contributed by atoms with van der Waals surface area (Å²) in [5.41, 5.74) is 3.28. The van der Waals surface area contributed by atoms with Gasteiger partial charge in [-0.1, -0.05) is 11.6 Å². The maximum Gasteiger partial charge on any atom is 0.125 e. The number of alkyl halides is 1. The van der Waals surface area contributed by atoms with E-state index in [-0.39, 0.29) is 5.82 Å². The Morgan fingerprint density at radius 3 is 2.71 bits per heavy atom. The molecule has 2 nitrogen and oxygen atoms in total. The molecule has 2 aromatic carbocycles. The fraction of sp³-hybridized carbons (Fsp3) is 0.188. The largest absolute Gasteiger partial charge is 0.296 e. The Labute approximate surface area is 132 Å². The molecule has 3 aromatic rings.